The Balaban J connectivity index is 2.27. The average molecular weight is 203 g/mol. The van der Waals surface area contributed by atoms with E-state index in [-0.39, 0.29) is 0 Å². The van der Waals surface area contributed by atoms with Crippen LogP contribution in [0.5, 0.6) is 0 Å². The molecule has 0 bridgehead atoms. The maximum atomic E-state index is 12.7. The normalized spacial score (nSPS) is 29.7. The topological polar surface area (TPSA) is 26.8 Å². The molecule has 0 aromatic heterocycles. The molecule has 0 saturated carbocycles. The summed E-state index contributed by atoms with van der Waals surface area (Å²) >= 11 is 0. The summed E-state index contributed by atoms with van der Waals surface area (Å²) in [6.07, 6.45) is 0. The average Bonchev–Trinajstić information content (AvgIpc) is 2.59. The number of rotatable bonds is 2. The molecule has 5 heteroatoms. The van der Waals surface area contributed by atoms with Crippen LogP contribution in [-0.4, -0.2) is 53.3 Å². The Hall–Kier alpha value is 0.110. The van der Waals surface area contributed by atoms with Crippen LogP contribution in [0.25, 0.3) is 0 Å². The first-order chi connectivity index (χ1) is 6.23. The lowest BCUT2D eigenvalue weighted by molar-refractivity contribution is 0.387. The fourth-order valence-electron chi connectivity index (χ4n) is 2.32. The van der Waals surface area contributed by atoms with E-state index in [1.807, 2.05) is 0 Å². The Bertz CT molecular complexity index is 226. The van der Waals surface area contributed by atoms with Crippen molar-refractivity contribution in [1.29, 1.82) is 0 Å². The van der Waals surface area contributed by atoms with Crippen molar-refractivity contribution in [2.45, 2.75) is 13.8 Å². The van der Waals surface area contributed by atoms with Crippen molar-refractivity contribution in [3.05, 3.63) is 0 Å². The molecule has 2 rings (SSSR count). The molecule has 13 heavy (non-hydrogen) atoms. The molecule has 2 heterocycles. The van der Waals surface area contributed by atoms with Gasteiger partial charge in [0.25, 0.3) is 7.59 Å². The predicted molar refractivity (Wildman–Crippen MR) is 53.7 cm³/mol. The summed E-state index contributed by atoms with van der Waals surface area (Å²) in [6, 6.07) is 0. The van der Waals surface area contributed by atoms with Crippen LogP contribution in [0.1, 0.15) is 13.8 Å². The zero-order valence-corrected chi connectivity index (χ0v) is 9.33. The van der Waals surface area contributed by atoms with Gasteiger partial charge in [-0.05, 0) is 0 Å². The third-order valence-corrected chi connectivity index (χ3v) is 6.64. The van der Waals surface area contributed by atoms with Crippen molar-refractivity contribution < 1.29 is 4.57 Å². The highest BCUT2D eigenvalue weighted by Gasteiger charge is 2.50. The summed E-state index contributed by atoms with van der Waals surface area (Å²) in [5, 5.41) is 0. The van der Waals surface area contributed by atoms with E-state index >= 15 is 0 Å². The van der Waals surface area contributed by atoms with Gasteiger partial charge in [0.2, 0.25) is 0 Å². The van der Waals surface area contributed by atoms with Gasteiger partial charge < -0.3 is 0 Å². The molecule has 2 aliphatic heterocycles. The summed E-state index contributed by atoms with van der Waals surface area (Å²) < 4.78 is 19.1. The highest BCUT2D eigenvalue weighted by molar-refractivity contribution is 7.57. The third kappa shape index (κ3) is 1.20. The molecule has 4 nitrogen and oxygen atoms in total. The lowest BCUT2D eigenvalue weighted by Gasteiger charge is -2.29. The number of nitrogens with zero attached hydrogens (tertiary/aromatic N) is 3. The largest absolute Gasteiger partial charge is 0.287 e. The minimum absolute atomic E-state index is 0.907. The molecule has 2 aliphatic rings. The van der Waals surface area contributed by atoms with Gasteiger partial charge in [-0.3, -0.25) is 4.57 Å². The van der Waals surface area contributed by atoms with E-state index in [1.54, 1.807) is 0 Å². The Labute approximate surface area is 80.0 Å². The summed E-state index contributed by atoms with van der Waals surface area (Å²) in [5.74, 6) is 0. The minimum Gasteiger partial charge on any atom is -0.270 e. The summed E-state index contributed by atoms with van der Waals surface area (Å²) in [4.78, 5) is 0. The van der Waals surface area contributed by atoms with Crippen LogP contribution in [0.2, 0.25) is 0 Å². The van der Waals surface area contributed by atoms with Gasteiger partial charge in [-0.15, -0.1) is 0 Å². The Morgan fingerprint density at radius 1 is 1.00 bits per heavy atom. The lowest BCUT2D eigenvalue weighted by Crippen LogP contribution is -2.26. The molecule has 2 fully saturated rings. The van der Waals surface area contributed by atoms with Crippen molar-refractivity contribution >= 4 is 7.59 Å². The van der Waals surface area contributed by atoms with Gasteiger partial charge in [-0.1, -0.05) is 13.8 Å². The Morgan fingerprint density at radius 3 is 1.85 bits per heavy atom. The maximum absolute atomic E-state index is 12.7. The van der Waals surface area contributed by atoms with Gasteiger partial charge in [0.05, 0.1) is 0 Å². The number of hydrogen-bond acceptors (Lipinski definition) is 1. The fourth-order valence-corrected chi connectivity index (χ4v) is 5.53. The standard InChI is InChI=1S/C8H18N3OP/c1-3-9-5-7-11-8-6-10(4-2)13(9,11)12/h3-8H2,1-2H3. The summed E-state index contributed by atoms with van der Waals surface area (Å²) in [6.45, 7) is 9.93. The second kappa shape index (κ2) is 3.35. The van der Waals surface area contributed by atoms with Crippen molar-refractivity contribution in [2.75, 3.05) is 39.3 Å². The first-order valence-corrected chi connectivity index (χ1v) is 6.66. The van der Waals surface area contributed by atoms with E-state index in [0.717, 1.165) is 39.3 Å². The first kappa shape index (κ1) is 9.66. The van der Waals surface area contributed by atoms with Crippen molar-refractivity contribution in [3.8, 4) is 0 Å². The van der Waals surface area contributed by atoms with Crippen molar-refractivity contribution in [3.63, 3.8) is 0 Å². The van der Waals surface area contributed by atoms with Gasteiger partial charge in [0.1, 0.15) is 0 Å². The molecule has 0 amide bonds. The lowest BCUT2D eigenvalue weighted by atomic mass is 10.5. The molecule has 2 saturated heterocycles. The summed E-state index contributed by atoms with van der Waals surface area (Å²) in [5.41, 5.74) is 0. The number of likely N-dealkylation sites (N-methyl/N-ethyl adjacent to an activating group) is 2. The number of hydrogen-bond donors (Lipinski definition) is 0. The van der Waals surface area contributed by atoms with Gasteiger partial charge in [-0.25, -0.2) is 14.0 Å². The van der Waals surface area contributed by atoms with Gasteiger partial charge >= 0.3 is 0 Å². The second-order valence-electron chi connectivity index (χ2n) is 3.56. The van der Waals surface area contributed by atoms with Crippen LogP contribution in [0.3, 0.4) is 0 Å². The van der Waals surface area contributed by atoms with E-state index in [0.29, 0.717) is 0 Å². The minimum atomic E-state index is -2.25. The molecule has 0 radical (unpaired) electrons. The fraction of sp³-hybridized carbons (Fsp3) is 1.00. The van der Waals surface area contributed by atoms with E-state index in [9.17, 15) is 4.57 Å². The second-order valence-corrected chi connectivity index (χ2v) is 6.28. The quantitative estimate of drug-likeness (QED) is 0.627. The monoisotopic (exact) mass is 203 g/mol. The molecule has 0 aromatic carbocycles. The van der Waals surface area contributed by atoms with Crippen LogP contribution in [-0.2, 0) is 4.57 Å². The van der Waals surface area contributed by atoms with Crippen LogP contribution in [0.15, 0.2) is 0 Å². The van der Waals surface area contributed by atoms with Crippen molar-refractivity contribution in [1.82, 2.24) is 14.0 Å². The van der Waals surface area contributed by atoms with E-state index in [2.05, 4.69) is 27.9 Å². The van der Waals surface area contributed by atoms with Crippen LogP contribution in [0.4, 0.5) is 0 Å². The molecule has 0 atom stereocenters. The molecule has 0 unspecified atom stereocenters. The highest BCUT2D eigenvalue weighted by atomic mass is 31.2. The first-order valence-electron chi connectivity index (χ1n) is 5.09. The molecule has 0 N–H and O–H groups in total. The van der Waals surface area contributed by atoms with Crippen LogP contribution in [0, 0.1) is 0 Å². The predicted octanol–water partition coefficient (Wildman–Crippen LogP) is 1.07. The van der Waals surface area contributed by atoms with Gasteiger partial charge in [0, 0.05) is 39.3 Å². The van der Waals surface area contributed by atoms with Gasteiger partial charge in [-0.2, -0.15) is 0 Å². The third-order valence-electron chi connectivity index (χ3n) is 3.07. The summed E-state index contributed by atoms with van der Waals surface area (Å²) in [7, 11) is -2.25. The Morgan fingerprint density at radius 2 is 1.46 bits per heavy atom. The molecular weight excluding hydrogens is 185 g/mol. The number of fused-ring (bicyclic) bond motifs is 1. The zero-order chi connectivity index (χ0) is 9.47. The molecular formula is C8H18N3OP. The van der Waals surface area contributed by atoms with Crippen LogP contribution >= 0.6 is 7.59 Å². The molecule has 76 valence electrons. The zero-order valence-electron chi connectivity index (χ0n) is 8.44. The highest BCUT2D eigenvalue weighted by Crippen LogP contribution is 2.62. The van der Waals surface area contributed by atoms with E-state index in [1.165, 1.54) is 0 Å². The van der Waals surface area contributed by atoms with E-state index < -0.39 is 7.59 Å². The van der Waals surface area contributed by atoms with Crippen LogP contribution < -0.4 is 0 Å². The maximum Gasteiger partial charge on any atom is 0.287 e. The molecule has 0 aliphatic carbocycles. The van der Waals surface area contributed by atoms with Gasteiger partial charge in [0.15, 0.2) is 0 Å². The smallest absolute Gasteiger partial charge is 0.270 e. The van der Waals surface area contributed by atoms with Crippen molar-refractivity contribution in [2.24, 2.45) is 0 Å². The molecule has 0 spiro atoms. The SMILES string of the molecule is CCN1CCN2CCN(CC)P12=O. The molecule has 0 aromatic rings. The van der Waals surface area contributed by atoms with E-state index in [4.69, 9.17) is 0 Å². The Kier molecular flexibility index (Phi) is 2.49.